The fourth-order valence-corrected chi connectivity index (χ4v) is 3.17. The molecule has 6 nitrogen and oxygen atoms in total. The molecule has 1 heterocycles. The number of carbonyl (C=O) groups is 2. The zero-order valence-electron chi connectivity index (χ0n) is 16.6. The van der Waals surface area contributed by atoms with Gasteiger partial charge in [-0.3, -0.25) is 9.59 Å². The predicted molar refractivity (Wildman–Crippen MR) is 119 cm³/mol. The van der Waals surface area contributed by atoms with Gasteiger partial charge in [0, 0.05) is 17.1 Å². The van der Waals surface area contributed by atoms with Crippen molar-refractivity contribution in [3.63, 3.8) is 0 Å². The van der Waals surface area contributed by atoms with E-state index >= 15 is 0 Å². The molecule has 31 heavy (non-hydrogen) atoms. The van der Waals surface area contributed by atoms with Crippen LogP contribution in [0.25, 0.3) is 6.08 Å². The van der Waals surface area contributed by atoms with Crippen LogP contribution in [-0.2, 0) is 11.3 Å². The van der Waals surface area contributed by atoms with Crippen molar-refractivity contribution in [3.05, 3.63) is 94.2 Å². The molecule has 0 unspecified atom stereocenters. The second-order valence-corrected chi connectivity index (χ2v) is 7.29. The van der Waals surface area contributed by atoms with Crippen molar-refractivity contribution in [2.24, 2.45) is 0 Å². The summed E-state index contributed by atoms with van der Waals surface area (Å²) in [5.41, 5.74) is 2.59. The lowest BCUT2D eigenvalue weighted by Crippen LogP contribution is -2.25. The van der Waals surface area contributed by atoms with E-state index in [-0.39, 0.29) is 11.7 Å². The van der Waals surface area contributed by atoms with Crippen LogP contribution in [0.2, 0.25) is 5.02 Å². The molecule has 0 radical (unpaired) electrons. The summed E-state index contributed by atoms with van der Waals surface area (Å²) in [6.07, 6.45) is 1.63. The lowest BCUT2D eigenvalue weighted by molar-refractivity contribution is -0.115. The number of anilines is 1. The van der Waals surface area contributed by atoms with E-state index in [0.29, 0.717) is 28.6 Å². The van der Waals surface area contributed by atoms with E-state index in [1.807, 2.05) is 24.3 Å². The van der Waals surface area contributed by atoms with Crippen LogP contribution in [0.5, 0.6) is 11.5 Å². The van der Waals surface area contributed by atoms with Crippen LogP contribution in [0.3, 0.4) is 0 Å². The van der Waals surface area contributed by atoms with Gasteiger partial charge in [0.2, 0.25) is 0 Å². The molecule has 3 aromatic carbocycles. The first kappa shape index (κ1) is 20.5. The van der Waals surface area contributed by atoms with Crippen molar-refractivity contribution in [2.45, 2.75) is 6.54 Å². The van der Waals surface area contributed by atoms with E-state index in [0.717, 1.165) is 16.9 Å². The molecule has 156 valence electrons. The zero-order valence-corrected chi connectivity index (χ0v) is 17.4. The number of carbonyl (C=O) groups excluding carboxylic acids is 2. The third-order valence-corrected chi connectivity index (χ3v) is 4.97. The third-order valence-electron chi connectivity index (χ3n) is 4.71. The molecule has 0 saturated carbocycles. The molecule has 0 saturated heterocycles. The van der Waals surface area contributed by atoms with Crippen molar-refractivity contribution in [3.8, 4) is 11.5 Å². The van der Waals surface area contributed by atoms with Gasteiger partial charge in [-0.2, -0.15) is 0 Å². The number of rotatable bonds is 5. The highest BCUT2D eigenvalue weighted by Crippen LogP contribution is 2.32. The molecule has 0 aliphatic carbocycles. The van der Waals surface area contributed by atoms with Crippen molar-refractivity contribution in [2.75, 3.05) is 12.4 Å². The predicted octanol–water partition coefficient (Wildman–Crippen LogP) is 4.65. The summed E-state index contributed by atoms with van der Waals surface area (Å²) in [5, 5.41) is 6.24. The Hall–Kier alpha value is -3.77. The molecule has 3 aromatic rings. The highest BCUT2D eigenvalue weighted by molar-refractivity contribution is 6.30. The highest BCUT2D eigenvalue weighted by Gasteiger charge is 2.23. The van der Waals surface area contributed by atoms with E-state index < -0.39 is 5.91 Å². The number of fused-ring (bicyclic) bond motifs is 1. The van der Waals surface area contributed by atoms with Crippen LogP contribution in [0.15, 0.2) is 72.5 Å². The summed E-state index contributed by atoms with van der Waals surface area (Å²) < 4.78 is 10.9. The molecule has 0 aromatic heterocycles. The Balaban J connectivity index is 1.45. The van der Waals surface area contributed by atoms with Gasteiger partial charge in [-0.05, 0) is 59.7 Å². The van der Waals surface area contributed by atoms with Gasteiger partial charge in [0.15, 0.2) is 11.5 Å². The summed E-state index contributed by atoms with van der Waals surface area (Å²) in [6, 6.07) is 19.4. The van der Waals surface area contributed by atoms with E-state index in [1.165, 1.54) is 0 Å². The Kier molecular flexibility index (Phi) is 5.91. The first-order valence-electron chi connectivity index (χ1n) is 9.53. The molecule has 7 heteroatoms. The number of methoxy groups -OCH3 is 1. The third kappa shape index (κ3) is 4.87. The van der Waals surface area contributed by atoms with E-state index in [4.69, 9.17) is 21.1 Å². The molecule has 1 aliphatic rings. The average Bonchev–Trinajstić information content (AvgIpc) is 2.79. The van der Waals surface area contributed by atoms with E-state index in [1.54, 1.807) is 55.7 Å². The maximum atomic E-state index is 12.5. The first-order valence-corrected chi connectivity index (χ1v) is 9.91. The number of halogens is 1. The minimum atomic E-state index is -0.391. The number of benzene rings is 3. The summed E-state index contributed by atoms with van der Waals surface area (Å²) in [6.45, 7) is 0.372. The standard InChI is InChI=1S/C24H19ClN2O4/c1-30-19-9-4-16(5-10-19)14-26-23(28)17-6-11-21-20(13-17)27-24(29)22(31-21)12-15-2-7-18(25)8-3-15/h2-13H,14H2,1H3,(H,26,28)(H,27,29)/b22-12-. The Labute approximate surface area is 184 Å². The van der Waals surface area contributed by atoms with Gasteiger partial charge in [0.25, 0.3) is 11.8 Å². The topological polar surface area (TPSA) is 76.7 Å². The highest BCUT2D eigenvalue weighted by atomic mass is 35.5. The number of hydrogen-bond acceptors (Lipinski definition) is 4. The quantitative estimate of drug-likeness (QED) is 0.573. The Bertz CT molecular complexity index is 1160. The molecule has 1 aliphatic heterocycles. The van der Waals surface area contributed by atoms with E-state index in [2.05, 4.69) is 10.6 Å². The molecule has 4 rings (SSSR count). The fourth-order valence-electron chi connectivity index (χ4n) is 3.04. The van der Waals surface area contributed by atoms with Crippen molar-refractivity contribution in [1.29, 1.82) is 0 Å². The van der Waals surface area contributed by atoms with Gasteiger partial charge in [0.05, 0.1) is 12.8 Å². The maximum absolute atomic E-state index is 12.5. The second-order valence-electron chi connectivity index (χ2n) is 6.86. The van der Waals surface area contributed by atoms with Crippen LogP contribution >= 0.6 is 11.6 Å². The van der Waals surface area contributed by atoms with Crippen LogP contribution in [-0.4, -0.2) is 18.9 Å². The van der Waals surface area contributed by atoms with Crippen molar-refractivity contribution in [1.82, 2.24) is 5.32 Å². The molecular weight excluding hydrogens is 416 g/mol. The van der Waals surface area contributed by atoms with Crippen molar-refractivity contribution >= 4 is 35.2 Å². The normalized spacial score (nSPS) is 13.7. The summed E-state index contributed by atoms with van der Waals surface area (Å²) >= 11 is 5.89. The minimum Gasteiger partial charge on any atom is -0.497 e. The lowest BCUT2D eigenvalue weighted by Gasteiger charge is -2.20. The van der Waals surface area contributed by atoms with E-state index in [9.17, 15) is 9.59 Å². The Morgan fingerprint density at radius 2 is 1.84 bits per heavy atom. The molecule has 0 bridgehead atoms. The van der Waals surface area contributed by atoms with Gasteiger partial charge >= 0.3 is 0 Å². The van der Waals surface area contributed by atoms with Crippen LogP contribution < -0.4 is 20.1 Å². The lowest BCUT2D eigenvalue weighted by atomic mass is 10.1. The van der Waals surface area contributed by atoms with Crippen LogP contribution in [0.4, 0.5) is 5.69 Å². The smallest absolute Gasteiger partial charge is 0.291 e. The van der Waals surface area contributed by atoms with Crippen LogP contribution in [0, 0.1) is 0 Å². The number of nitrogens with one attached hydrogen (secondary N) is 2. The molecule has 0 spiro atoms. The largest absolute Gasteiger partial charge is 0.497 e. The number of hydrogen-bond donors (Lipinski definition) is 2. The van der Waals surface area contributed by atoms with Gasteiger partial charge in [-0.25, -0.2) is 0 Å². The maximum Gasteiger partial charge on any atom is 0.291 e. The number of amides is 2. The second kappa shape index (κ2) is 8.93. The monoisotopic (exact) mass is 434 g/mol. The Morgan fingerprint density at radius 1 is 1.10 bits per heavy atom. The molecule has 2 amide bonds. The van der Waals surface area contributed by atoms with Gasteiger partial charge in [-0.15, -0.1) is 0 Å². The zero-order chi connectivity index (χ0) is 21.8. The SMILES string of the molecule is COc1ccc(CNC(=O)c2ccc3c(c2)NC(=O)/C(=C/c2ccc(Cl)cc2)O3)cc1. The fraction of sp³-hybridized carbons (Fsp3) is 0.0833. The summed E-state index contributed by atoms with van der Waals surface area (Å²) in [7, 11) is 1.60. The molecular formula is C24H19ClN2O4. The van der Waals surface area contributed by atoms with Crippen LogP contribution in [0.1, 0.15) is 21.5 Å². The average molecular weight is 435 g/mol. The number of ether oxygens (including phenoxy) is 2. The molecule has 0 atom stereocenters. The minimum absolute atomic E-state index is 0.159. The van der Waals surface area contributed by atoms with Gasteiger partial charge in [-0.1, -0.05) is 35.9 Å². The summed E-state index contributed by atoms with van der Waals surface area (Å²) in [4.78, 5) is 25.0. The summed E-state index contributed by atoms with van der Waals surface area (Å²) in [5.74, 6) is 0.733. The molecule has 0 fully saturated rings. The van der Waals surface area contributed by atoms with Gasteiger partial charge < -0.3 is 20.1 Å². The Morgan fingerprint density at radius 3 is 2.55 bits per heavy atom. The first-order chi connectivity index (χ1) is 15.0. The van der Waals surface area contributed by atoms with Gasteiger partial charge in [0.1, 0.15) is 5.75 Å². The van der Waals surface area contributed by atoms with Crippen molar-refractivity contribution < 1.29 is 19.1 Å². The molecule has 2 N–H and O–H groups in total.